The third kappa shape index (κ3) is 2.35. The second kappa shape index (κ2) is 4.28. The number of ether oxygens (including phenoxy) is 1. The number of nitrogens with zero attached hydrogens (tertiary/aromatic N) is 1. The maximum atomic E-state index is 10.9. The molecule has 1 heterocycles. The highest BCUT2D eigenvalue weighted by Gasteiger charge is 2.27. The van der Waals surface area contributed by atoms with Gasteiger partial charge in [0.25, 0.3) is 0 Å². The highest BCUT2D eigenvalue weighted by atomic mass is 32.1. The number of carboxylic acid groups (broad SMARTS) is 1. The summed E-state index contributed by atoms with van der Waals surface area (Å²) in [5, 5.41) is 9.69. The van der Waals surface area contributed by atoms with Gasteiger partial charge in [-0.15, -0.1) is 11.3 Å². The lowest BCUT2D eigenvalue weighted by atomic mass is 10.1. The van der Waals surface area contributed by atoms with Crippen molar-refractivity contribution >= 4 is 17.3 Å². The van der Waals surface area contributed by atoms with Crippen LogP contribution in [0.1, 0.15) is 41.1 Å². The molecule has 1 rings (SSSR count). The monoisotopic (exact) mass is 229 g/mol. The van der Waals surface area contributed by atoms with Crippen LogP contribution in [-0.2, 0) is 16.8 Å². The van der Waals surface area contributed by atoms with Crippen molar-refractivity contribution in [3.05, 3.63) is 15.6 Å². The molecule has 0 aromatic carbocycles. The van der Waals surface area contributed by atoms with Crippen molar-refractivity contribution in [1.29, 1.82) is 0 Å². The minimum absolute atomic E-state index is 0.317. The smallest absolute Gasteiger partial charge is 0.347 e. The second-order valence-corrected chi connectivity index (χ2v) is 4.67. The van der Waals surface area contributed by atoms with Gasteiger partial charge in [-0.2, -0.15) is 0 Å². The molecule has 0 aliphatic heterocycles. The first-order chi connectivity index (χ1) is 6.92. The Bertz CT molecular complexity index is 371. The molecular formula is C10H15NO3S. The van der Waals surface area contributed by atoms with Gasteiger partial charge in [0, 0.05) is 7.11 Å². The summed E-state index contributed by atoms with van der Waals surface area (Å²) in [6.45, 7) is 5.64. The molecule has 0 unspecified atom stereocenters. The average molecular weight is 229 g/mol. The summed E-state index contributed by atoms with van der Waals surface area (Å²) < 4.78 is 5.27. The summed E-state index contributed by atoms with van der Waals surface area (Å²) >= 11 is 1.19. The maximum absolute atomic E-state index is 10.9. The van der Waals surface area contributed by atoms with Crippen molar-refractivity contribution < 1.29 is 14.6 Å². The molecule has 1 aromatic rings. The minimum Gasteiger partial charge on any atom is -0.477 e. The molecule has 0 aliphatic carbocycles. The van der Waals surface area contributed by atoms with Crippen LogP contribution in [0.4, 0.5) is 0 Å². The van der Waals surface area contributed by atoms with E-state index in [0.29, 0.717) is 22.0 Å². The quantitative estimate of drug-likeness (QED) is 0.860. The van der Waals surface area contributed by atoms with E-state index >= 15 is 0 Å². The van der Waals surface area contributed by atoms with Gasteiger partial charge in [0.15, 0.2) is 0 Å². The van der Waals surface area contributed by atoms with Gasteiger partial charge in [0.1, 0.15) is 15.5 Å². The molecule has 0 fully saturated rings. The predicted octanol–water partition coefficient (Wildman–Crippen LogP) is 2.29. The Hall–Kier alpha value is -0.940. The molecule has 0 radical (unpaired) electrons. The predicted molar refractivity (Wildman–Crippen MR) is 58.5 cm³/mol. The van der Waals surface area contributed by atoms with Crippen molar-refractivity contribution in [3.8, 4) is 0 Å². The molecule has 1 aromatic heterocycles. The van der Waals surface area contributed by atoms with Crippen LogP contribution in [0.5, 0.6) is 0 Å². The largest absolute Gasteiger partial charge is 0.477 e. The van der Waals surface area contributed by atoms with Gasteiger partial charge in [-0.25, -0.2) is 9.78 Å². The molecular weight excluding hydrogens is 214 g/mol. The lowest BCUT2D eigenvalue weighted by molar-refractivity contribution is 0.0189. The van der Waals surface area contributed by atoms with Gasteiger partial charge >= 0.3 is 5.97 Å². The number of carboxylic acids is 1. The van der Waals surface area contributed by atoms with Crippen molar-refractivity contribution in [2.45, 2.75) is 32.8 Å². The Morgan fingerprint density at radius 1 is 1.60 bits per heavy atom. The zero-order chi connectivity index (χ0) is 11.6. The van der Waals surface area contributed by atoms with Gasteiger partial charge in [-0.05, 0) is 20.3 Å². The molecule has 0 amide bonds. The number of hydrogen-bond donors (Lipinski definition) is 1. The molecule has 84 valence electrons. The first-order valence-corrected chi connectivity index (χ1v) is 5.52. The Balaban J connectivity index is 3.19. The third-order valence-corrected chi connectivity index (χ3v) is 3.64. The third-order valence-electron chi connectivity index (χ3n) is 2.25. The summed E-state index contributed by atoms with van der Waals surface area (Å²) in [5.41, 5.74) is 0.107. The molecule has 0 saturated carbocycles. The van der Waals surface area contributed by atoms with E-state index in [-0.39, 0.29) is 0 Å². The molecule has 4 nitrogen and oxygen atoms in total. The standard InChI is InChI=1S/C10H15NO3S/c1-5-6-7(8(12)13)15-9(11-6)10(2,3)14-4/h5H2,1-4H3,(H,12,13). The maximum Gasteiger partial charge on any atom is 0.347 e. The van der Waals surface area contributed by atoms with Gasteiger partial charge in [-0.3, -0.25) is 0 Å². The first kappa shape index (κ1) is 12.1. The van der Waals surface area contributed by atoms with Crippen LogP contribution < -0.4 is 0 Å². The zero-order valence-electron chi connectivity index (χ0n) is 9.33. The Kier molecular flexibility index (Phi) is 3.46. The summed E-state index contributed by atoms with van der Waals surface area (Å²) in [4.78, 5) is 15.6. The molecule has 0 saturated heterocycles. The number of aromatic carboxylic acids is 1. The van der Waals surface area contributed by atoms with E-state index < -0.39 is 11.6 Å². The average Bonchev–Trinajstić information content (AvgIpc) is 2.62. The van der Waals surface area contributed by atoms with Gasteiger partial charge in [0.2, 0.25) is 0 Å². The normalized spacial score (nSPS) is 11.7. The fraction of sp³-hybridized carbons (Fsp3) is 0.600. The van der Waals surface area contributed by atoms with Crippen LogP contribution in [-0.4, -0.2) is 23.2 Å². The lowest BCUT2D eigenvalue weighted by Crippen LogP contribution is -2.19. The molecule has 0 aliphatic rings. The molecule has 0 bridgehead atoms. The highest BCUT2D eigenvalue weighted by Crippen LogP contribution is 2.30. The van der Waals surface area contributed by atoms with Crippen LogP contribution in [0.2, 0.25) is 0 Å². The van der Waals surface area contributed by atoms with Crippen LogP contribution in [0.3, 0.4) is 0 Å². The van der Waals surface area contributed by atoms with E-state index in [2.05, 4.69) is 4.98 Å². The number of hydrogen-bond acceptors (Lipinski definition) is 4. The van der Waals surface area contributed by atoms with E-state index in [9.17, 15) is 4.79 Å². The summed E-state index contributed by atoms with van der Waals surface area (Å²) in [5.74, 6) is -0.914. The molecule has 1 N–H and O–H groups in total. The summed E-state index contributed by atoms with van der Waals surface area (Å²) in [6.07, 6.45) is 0.623. The molecule has 15 heavy (non-hydrogen) atoms. The van der Waals surface area contributed by atoms with E-state index in [4.69, 9.17) is 9.84 Å². The summed E-state index contributed by atoms with van der Waals surface area (Å²) in [6, 6.07) is 0. The SMILES string of the molecule is CCc1nc(C(C)(C)OC)sc1C(=O)O. The molecule has 5 heteroatoms. The van der Waals surface area contributed by atoms with Crippen LogP contribution in [0.25, 0.3) is 0 Å². The van der Waals surface area contributed by atoms with E-state index in [0.717, 1.165) is 0 Å². The van der Waals surface area contributed by atoms with Crippen LogP contribution in [0, 0.1) is 0 Å². The Morgan fingerprint density at radius 3 is 2.53 bits per heavy atom. The number of aryl methyl sites for hydroxylation is 1. The molecule has 0 spiro atoms. The van der Waals surface area contributed by atoms with Crippen molar-refractivity contribution in [2.75, 3.05) is 7.11 Å². The lowest BCUT2D eigenvalue weighted by Gasteiger charge is -2.19. The first-order valence-electron chi connectivity index (χ1n) is 4.71. The zero-order valence-corrected chi connectivity index (χ0v) is 10.1. The topological polar surface area (TPSA) is 59.4 Å². The van der Waals surface area contributed by atoms with E-state index in [1.54, 1.807) is 7.11 Å². The number of carbonyl (C=O) groups is 1. The van der Waals surface area contributed by atoms with Crippen molar-refractivity contribution in [3.63, 3.8) is 0 Å². The number of thiazole rings is 1. The van der Waals surface area contributed by atoms with Gasteiger partial charge in [0.05, 0.1) is 5.69 Å². The number of aromatic nitrogens is 1. The second-order valence-electron chi connectivity index (χ2n) is 3.67. The number of methoxy groups -OCH3 is 1. The summed E-state index contributed by atoms with van der Waals surface area (Å²) in [7, 11) is 1.59. The van der Waals surface area contributed by atoms with Gasteiger partial charge < -0.3 is 9.84 Å². The van der Waals surface area contributed by atoms with Gasteiger partial charge in [-0.1, -0.05) is 6.92 Å². The van der Waals surface area contributed by atoms with E-state index in [1.165, 1.54) is 11.3 Å². The fourth-order valence-electron chi connectivity index (χ4n) is 1.10. The van der Waals surface area contributed by atoms with Crippen LogP contribution >= 0.6 is 11.3 Å². The van der Waals surface area contributed by atoms with E-state index in [1.807, 2.05) is 20.8 Å². The molecule has 0 atom stereocenters. The minimum atomic E-state index is -0.914. The number of rotatable bonds is 4. The highest BCUT2D eigenvalue weighted by molar-refractivity contribution is 7.13. The van der Waals surface area contributed by atoms with Crippen molar-refractivity contribution in [2.24, 2.45) is 0 Å². The Morgan fingerprint density at radius 2 is 2.20 bits per heavy atom. The van der Waals surface area contributed by atoms with Crippen LogP contribution in [0.15, 0.2) is 0 Å². The van der Waals surface area contributed by atoms with Crippen molar-refractivity contribution in [1.82, 2.24) is 4.98 Å². The fourth-order valence-corrected chi connectivity index (χ4v) is 2.18. The Labute approximate surface area is 92.9 Å².